The highest BCUT2D eigenvalue weighted by molar-refractivity contribution is 8.01. The van der Waals surface area contributed by atoms with Gasteiger partial charge in [0.05, 0.1) is 29.9 Å². The average molecular weight is 486 g/mol. The van der Waals surface area contributed by atoms with E-state index >= 15 is 0 Å². The quantitative estimate of drug-likeness (QED) is 0.482. The number of nitriles is 1. The fourth-order valence-corrected chi connectivity index (χ4v) is 5.65. The number of hydrogen-bond donors (Lipinski definition) is 1. The van der Waals surface area contributed by atoms with E-state index in [1.165, 1.54) is 35.2 Å². The Hall–Kier alpha value is -3.23. The highest BCUT2D eigenvalue weighted by Crippen LogP contribution is 2.47. The van der Waals surface area contributed by atoms with Gasteiger partial charge in [0.1, 0.15) is 11.6 Å². The molecule has 2 aliphatic rings. The average Bonchev–Trinajstić information content (AvgIpc) is 3.26. The molecule has 0 saturated carbocycles. The van der Waals surface area contributed by atoms with Gasteiger partial charge in [-0.3, -0.25) is 14.5 Å². The summed E-state index contributed by atoms with van der Waals surface area (Å²) in [6.45, 7) is 2.03. The van der Waals surface area contributed by atoms with Crippen LogP contribution < -0.4 is 10.6 Å². The summed E-state index contributed by atoms with van der Waals surface area (Å²) in [7, 11) is 0. The molecule has 0 saturated heterocycles. The Kier molecular flexibility index (Phi) is 6.76. The van der Waals surface area contributed by atoms with Crippen molar-refractivity contribution in [2.45, 2.75) is 36.4 Å². The maximum atomic E-state index is 13.5. The van der Waals surface area contributed by atoms with E-state index in [1.54, 1.807) is 24.0 Å². The summed E-state index contributed by atoms with van der Waals surface area (Å²) in [5.74, 6) is -1.24. The van der Waals surface area contributed by atoms with Crippen molar-refractivity contribution >= 4 is 40.0 Å². The van der Waals surface area contributed by atoms with E-state index in [0.717, 1.165) is 0 Å². The van der Waals surface area contributed by atoms with E-state index in [1.807, 2.05) is 0 Å². The molecule has 1 atom stereocenters. The van der Waals surface area contributed by atoms with Crippen molar-refractivity contribution in [3.05, 3.63) is 58.3 Å². The normalized spacial score (nSPS) is 18.3. The third-order valence-corrected chi connectivity index (χ3v) is 7.34. The molecule has 0 fully saturated rings. The lowest BCUT2D eigenvalue weighted by Gasteiger charge is -2.38. The van der Waals surface area contributed by atoms with Crippen LogP contribution in [0.3, 0.4) is 0 Å². The fourth-order valence-electron chi connectivity index (χ4n) is 3.97. The van der Waals surface area contributed by atoms with Crippen LogP contribution in [0.5, 0.6) is 0 Å². The van der Waals surface area contributed by atoms with E-state index in [-0.39, 0.29) is 28.9 Å². The van der Waals surface area contributed by atoms with Crippen LogP contribution in [0.25, 0.3) is 0 Å². The van der Waals surface area contributed by atoms with Crippen LogP contribution >= 0.6 is 23.1 Å². The maximum absolute atomic E-state index is 13.5. The Labute approximate surface area is 197 Å². The maximum Gasteiger partial charge on any atom is 0.316 e. The smallest absolute Gasteiger partial charge is 0.316 e. The number of rotatable bonds is 6. The number of carbonyl (C=O) groups excluding carboxylic acids is 2. The summed E-state index contributed by atoms with van der Waals surface area (Å²) in [5.41, 5.74) is 8.45. The first-order chi connectivity index (χ1) is 15.9. The Bertz CT molecular complexity index is 1200. The number of thioether (sulfide) groups is 1. The van der Waals surface area contributed by atoms with Crippen LogP contribution in [0, 0.1) is 17.1 Å². The third-order valence-electron chi connectivity index (χ3n) is 5.32. The number of anilines is 1. The van der Waals surface area contributed by atoms with Gasteiger partial charge in [0.15, 0.2) is 10.1 Å². The molecule has 2 N–H and O–H groups in total. The molecule has 2 aromatic rings. The first-order valence-corrected chi connectivity index (χ1v) is 12.1. The fraction of sp³-hybridized carbons (Fsp3) is 0.318. The molecule has 2 heterocycles. The number of aromatic nitrogens is 2. The zero-order valence-corrected chi connectivity index (χ0v) is 19.3. The number of carbonyl (C=O) groups is 2. The second-order valence-corrected chi connectivity index (χ2v) is 9.49. The summed E-state index contributed by atoms with van der Waals surface area (Å²) in [6, 6.07) is 7.90. The topological polar surface area (TPSA) is 122 Å². The van der Waals surface area contributed by atoms with Gasteiger partial charge in [-0.25, -0.2) is 4.39 Å². The van der Waals surface area contributed by atoms with Crippen molar-refractivity contribution in [1.29, 1.82) is 5.26 Å². The summed E-state index contributed by atoms with van der Waals surface area (Å²) in [6.07, 6.45) is 1.57. The molecule has 1 aliphatic carbocycles. The number of halogens is 1. The minimum atomic E-state index is -0.666. The molecular weight excluding hydrogens is 465 g/mol. The molecule has 170 valence electrons. The van der Waals surface area contributed by atoms with Crippen LogP contribution in [-0.2, 0) is 14.3 Å². The van der Waals surface area contributed by atoms with Gasteiger partial charge in [0, 0.05) is 17.7 Å². The summed E-state index contributed by atoms with van der Waals surface area (Å²) in [5, 5.41) is 18.7. The number of allylic oxidation sites excluding steroid dienone is 3. The molecular formula is C22H20FN5O3S2. The van der Waals surface area contributed by atoms with Gasteiger partial charge < -0.3 is 10.5 Å². The lowest BCUT2D eigenvalue weighted by atomic mass is 9.76. The number of nitrogens with zero attached hydrogens (tertiary/aromatic N) is 4. The Morgan fingerprint density at radius 2 is 2.12 bits per heavy atom. The van der Waals surface area contributed by atoms with Gasteiger partial charge in [0.25, 0.3) is 0 Å². The van der Waals surface area contributed by atoms with Gasteiger partial charge in [-0.1, -0.05) is 35.2 Å². The summed E-state index contributed by atoms with van der Waals surface area (Å²) < 4.78 is 19.0. The Morgan fingerprint density at radius 3 is 2.82 bits per heavy atom. The van der Waals surface area contributed by atoms with Crippen LogP contribution in [-0.4, -0.2) is 34.3 Å². The summed E-state index contributed by atoms with van der Waals surface area (Å²) in [4.78, 5) is 26.3. The second kappa shape index (κ2) is 9.72. The van der Waals surface area contributed by atoms with E-state index < -0.39 is 11.7 Å². The van der Waals surface area contributed by atoms with E-state index in [2.05, 4.69) is 16.3 Å². The molecule has 0 spiro atoms. The number of esters is 1. The zero-order valence-electron chi connectivity index (χ0n) is 17.7. The number of benzene rings is 1. The molecule has 1 aromatic heterocycles. The monoisotopic (exact) mass is 485 g/mol. The van der Waals surface area contributed by atoms with Gasteiger partial charge in [-0.15, -0.1) is 10.2 Å². The van der Waals surface area contributed by atoms with Crippen molar-refractivity contribution in [2.75, 3.05) is 17.3 Å². The standard InChI is InChI=1S/C22H20FN5O3S2/c1-2-31-17(30)11-32-22-27-26-21(33-22)28-15-4-3-5-16(29)19(15)18(14(10-24)20(28)25)12-6-8-13(23)9-7-12/h6-9,18H,2-5,11,25H2,1H3. The highest BCUT2D eigenvalue weighted by atomic mass is 32.2. The second-order valence-electron chi connectivity index (χ2n) is 7.31. The highest BCUT2D eigenvalue weighted by Gasteiger charge is 2.41. The number of ketones is 1. The lowest BCUT2D eigenvalue weighted by Crippen LogP contribution is -2.38. The van der Waals surface area contributed by atoms with Crippen LogP contribution in [0.1, 0.15) is 37.7 Å². The molecule has 11 heteroatoms. The number of hydrogen-bond acceptors (Lipinski definition) is 10. The predicted molar refractivity (Wildman–Crippen MR) is 122 cm³/mol. The molecule has 0 bridgehead atoms. The van der Waals surface area contributed by atoms with Crippen molar-refractivity contribution < 1.29 is 18.7 Å². The third kappa shape index (κ3) is 4.49. The molecule has 0 radical (unpaired) electrons. The van der Waals surface area contributed by atoms with Crippen LogP contribution in [0.4, 0.5) is 9.52 Å². The van der Waals surface area contributed by atoms with E-state index in [0.29, 0.717) is 52.2 Å². The Balaban J connectivity index is 1.75. The number of nitrogens with two attached hydrogens (primary N) is 1. The first kappa shape index (κ1) is 22.9. The number of ether oxygens (including phenoxy) is 1. The van der Waals surface area contributed by atoms with Gasteiger partial charge in [-0.2, -0.15) is 5.26 Å². The van der Waals surface area contributed by atoms with Crippen molar-refractivity contribution in [3.63, 3.8) is 0 Å². The molecule has 1 unspecified atom stereocenters. The summed E-state index contributed by atoms with van der Waals surface area (Å²) >= 11 is 2.41. The minimum Gasteiger partial charge on any atom is -0.465 e. The largest absolute Gasteiger partial charge is 0.465 e. The van der Waals surface area contributed by atoms with Crippen LogP contribution in [0.2, 0.25) is 0 Å². The van der Waals surface area contributed by atoms with Crippen molar-refractivity contribution in [3.8, 4) is 6.07 Å². The predicted octanol–water partition coefficient (Wildman–Crippen LogP) is 3.64. The van der Waals surface area contributed by atoms with Crippen molar-refractivity contribution in [1.82, 2.24) is 10.2 Å². The van der Waals surface area contributed by atoms with Gasteiger partial charge in [-0.05, 0) is 37.5 Å². The van der Waals surface area contributed by atoms with Crippen LogP contribution in [0.15, 0.2) is 51.3 Å². The molecule has 4 rings (SSSR count). The zero-order chi connectivity index (χ0) is 23.5. The van der Waals surface area contributed by atoms with Gasteiger partial charge in [0.2, 0.25) is 5.13 Å². The van der Waals surface area contributed by atoms with E-state index in [4.69, 9.17) is 10.5 Å². The Morgan fingerprint density at radius 1 is 1.36 bits per heavy atom. The molecule has 8 nitrogen and oxygen atoms in total. The minimum absolute atomic E-state index is 0.0720. The van der Waals surface area contributed by atoms with Gasteiger partial charge >= 0.3 is 5.97 Å². The molecule has 1 aromatic carbocycles. The SMILES string of the molecule is CCOC(=O)CSc1nnc(N2C(N)=C(C#N)C(c3ccc(F)cc3)C3=C2CCCC3=O)s1. The first-order valence-electron chi connectivity index (χ1n) is 10.3. The molecule has 1 aliphatic heterocycles. The molecule has 0 amide bonds. The van der Waals surface area contributed by atoms with Crippen molar-refractivity contribution in [2.24, 2.45) is 5.73 Å². The number of Topliss-reactive ketones (excluding diaryl/α,β-unsaturated/α-hetero) is 1. The lowest BCUT2D eigenvalue weighted by molar-refractivity contribution is -0.139. The van der Waals surface area contributed by atoms with E-state index in [9.17, 15) is 19.2 Å². The molecule has 33 heavy (non-hydrogen) atoms.